The van der Waals surface area contributed by atoms with Gasteiger partial charge in [-0.25, -0.2) is 0 Å². The first kappa shape index (κ1) is 8.73. The molecule has 1 aliphatic rings. The first-order valence-corrected chi connectivity index (χ1v) is 5.88. The van der Waals surface area contributed by atoms with Gasteiger partial charge in [-0.3, -0.25) is 0 Å². The van der Waals surface area contributed by atoms with E-state index in [1.165, 1.54) is 21.5 Å². The maximum atomic E-state index is 3.57. The summed E-state index contributed by atoms with van der Waals surface area (Å²) in [7, 11) is 0. The van der Waals surface area contributed by atoms with Crippen LogP contribution in [0, 0.1) is 0 Å². The summed E-state index contributed by atoms with van der Waals surface area (Å²) in [6.07, 6.45) is 2.72. The molecule has 1 fully saturated rings. The molecule has 2 rings (SSSR count). The second-order valence-electron chi connectivity index (χ2n) is 3.30. The fourth-order valence-corrected chi connectivity index (χ4v) is 2.68. The standard InChI is InChI=1S/C9H12BrNS/c1-6(11-7-2-3-7)8-4-5-9(10)12-8/h4-7,11H,2-3H2,1H3. The Bertz CT molecular complexity index is 267. The van der Waals surface area contributed by atoms with Crippen LogP contribution in [0.1, 0.15) is 30.7 Å². The third-order valence-electron chi connectivity index (χ3n) is 2.08. The largest absolute Gasteiger partial charge is 0.307 e. The van der Waals surface area contributed by atoms with Crippen molar-refractivity contribution in [3.05, 3.63) is 20.8 Å². The Morgan fingerprint density at radius 2 is 2.33 bits per heavy atom. The molecule has 3 heteroatoms. The van der Waals surface area contributed by atoms with Crippen molar-refractivity contribution in [1.82, 2.24) is 5.32 Å². The van der Waals surface area contributed by atoms with E-state index in [0.717, 1.165) is 6.04 Å². The summed E-state index contributed by atoms with van der Waals surface area (Å²) in [5.74, 6) is 0. The first-order chi connectivity index (χ1) is 5.75. The molecule has 1 N–H and O–H groups in total. The Morgan fingerprint density at radius 3 is 2.83 bits per heavy atom. The Kier molecular flexibility index (Phi) is 2.53. The lowest BCUT2D eigenvalue weighted by molar-refractivity contribution is 0.579. The Morgan fingerprint density at radius 1 is 1.58 bits per heavy atom. The van der Waals surface area contributed by atoms with E-state index in [1.54, 1.807) is 0 Å². The van der Waals surface area contributed by atoms with Crippen molar-refractivity contribution in [2.75, 3.05) is 0 Å². The molecule has 12 heavy (non-hydrogen) atoms. The fourth-order valence-electron chi connectivity index (χ4n) is 1.25. The normalized spacial score (nSPS) is 19.5. The van der Waals surface area contributed by atoms with Gasteiger partial charge in [-0.05, 0) is 47.8 Å². The third-order valence-corrected chi connectivity index (χ3v) is 3.89. The van der Waals surface area contributed by atoms with Crippen LogP contribution >= 0.6 is 27.3 Å². The van der Waals surface area contributed by atoms with E-state index < -0.39 is 0 Å². The van der Waals surface area contributed by atoms with Crippen molar-refractivity contribution in [3.8, 4) is 0 Å². The highest BCUT2D eigenvalue weighted by Gasteiger charge is 2.23. The first-order valence-electron chi connectivity index (χ1n) is 4.27. The van der Waals surface area contributed by atoms with Crippen molar-refractivity contribution >= 4 is 27.3 Å². The minimum atomic E-state index is 0.522. The molecule has 0 radical (unpaired) electrons. The molecule has 66 valence electrons. The highest BCUT2D eigenvalue weighted by molar-refractivity contribution is 9.11. The molecule has 1 atom stereocenters. The number of thiophene rings is 1. The van der Waals surface area contributed by atoms with Gasteiger partial charge in [0.2, 0.25) is 0 Å². The van der Waals surface area contributed by atoms with Gasteiger partial charge in [-0.1, -0.05) is 0 Å². The predicted octanol–water partition coefficient (Wildman–Crippen LogP) is 3.32. The highest BCUT2D eigenvalue weighted by atomic mass is 79.9. The molecule has 0 aromatic carbocycles. The summed E-state index contributed by atoms with van der Waals surface area (Å²) in [6.45, 7) is 2.23. The summed E-state index contributed by atoms with van der Waals surface area (Å²) < 4.78 is 1.22. The van der Waals surface area contributed by atoms with Gasteiger partial charge in [0, 0.05) is 17.0 Å². The van der Waals surface area contributed by atoms with Gasteiger partial charge in [0.05, 0.1) is 3.79 Å². The molecule has 0 spiro atoms. The van der Waals surface area contributed by atoms with Crippen LogP contribution in [0.25, 0.3) is 0 Å². The lowest BCUT2D eigenvalue weighted by Crippen LogP contribution is -2.19. The Balaban J connectivity index is 1.97. The monoisotopic (exact) mass is 245 g/mol. The van der Waals surface area contributed by atoms with Gasteiger partial charge in [0.1, 0.15) is 0 Å². The summed E-state index contributed by atoms with van der Waals surface area (Å²) in [6, 6.07) is 5.62. The lowest BCUT2D eigenvalue weighted by Gasteiger charge is -2.09. The molecule has 0 aliphatic heterocycles. The zero-order chi connectivity index (χ0) is 8.55. The predicted molar refractivity (Wildman–Crippen MR) is 56.6 cm³/mol. The van der Waals surface area contributed by atoms with Crippen LogP contribution in [0.15, 0.2) is 15.9 Å². The van der Waals surface area contributed by atoms with Crippen LogP contribution in [0.5, 0.6) is 0 Å². The maximum absolute atomic E-state index is 3.57. The van der Waals surface area contributed by atoms with Gasteiger partial charge in [-0.2, -0.15) is 0 Å². The number of nitrogens with one attached hydrogen (secondary N) is 1. The molecule has 0 bridgehead atoms. The van der Waals surface area contributed by atoms with E-state index in [9.17, 15) is 0 Å². The van der Waals surface area contributed by atoms with Crippen molar-refractivity contribution in [1.29, 1.82) is 0 Å². The molecule has 0 amide bonds. The molecule has 1 nitrogen and oxygen atoms in total. The average molecular weight is 246 g/mol. The minimum absolute atomic E-state index is 0.522. The van der Waals surface area contributed by atoms with Crippen LogP contribution in [-0.2, 0) is 0 Å². The van der Waals surface area contributed by atoms with Gasteiger partial charge in [0.15, 0.2) is 0 Å². The van der Waals surface area contributed by atoms with Crippen LogP contribution in [-0.4, -0.2) is 6.04 Å². The van der Waals surface area contributed by atoms with Gasteiger partial charge >= 0.3 is 0 Å². The topological polar surface area (TPSA) is 12.0 Å². The van der Waals surface area contributed by atoms with E-state index in [0.29, 0.717) is 6.04 Å². The molecular weight excluding hydrogens is 234 g/mol. The quantitative estimate of drug-likeness (QED) is 0.862. The van der Waals surface area contributed by atoms with Crippen molar-refractivity contribution in [2.45, 2.75) is 31.8 Å². The minimum Gasteiger partial charge on any atom is -0.307 e. The number of rotatable bonds is 3. The highest BCUT2D eigenvalue weighted by Crippen LogP contribution is 2.29. The zero-order valence-corrected chi connectivity index (χ0v) is 9.41. The van der Waals surface area contributed by atoms with E-state index >= 15 is 0 Å². The van der Waals surface area contributed by atoms with Crippen molar-refractivity contribution < 1.29 is 0 Å². The van der Waals surface area contributed by atoms with Crippen LogP contribution in [0.4, 0.5) is 0 Å². The maximum Gasteiger partial charge on any atom is 0.0701 e. The summed E-state index contributed by atoms with van der Waals surface area (Å²) in [5.41, 5.74) is 0. The molecular formula is C9H12BrNS. The third kappa shape index (κ3) is 2.09. The van der Waals surface area contributed by atoms with Crippen LogP contribution < -0.4 is 5.32 Å². The van der Waals surface area contributed by atoms with E-state index in [2.05, 4.69) is 40.3 Å². The fraction of sp³-hybridized carbons (Fsp3) is 0.556. The van der Waals surface area contributed by atoms with E-state index in [4.69, 9.17) is 0 Å². The zero-order valence-electron chi connectivity index (χ0n) is 7.01. The molecule has 1 aromatic rings. The average Bonchev–Trinajstić information content (AvgIpc) is 2.72. The van der Waals surface area contributed by atoms with Crippen molar-refractivity contribution in [3.63, 3.8) is 0 Å². The van der Waals surface area contributed by atoms with E-state index in [1.807, 2.05) is 11.3 Å². The SMILES string of the molecule is CC(NC1CC1)c1ccc(Br)s1. The molecule has 1 saturated carbocycles. The van der Waals surface area contributed by atoms with Crippen LogP contribution in [0.3, 0.4) is 0 Å². The number of halogens is 1. The number of hydrogen-bond acceptors (Lipinski definition) is 2. The molecule has 1 aromatic heterocycles. The summed E-state index contributed by atoms with van der Waals surface area (Å²) in [4.78, 5) is 1.42. The van der Waals surface area contributed by atoms with Gasteiger partial charge in [0.25, 0.3) is 0 Å². The molecule has 1 unspecified atom stereocenters. The van der Waals surface area contributed by atoms with Crippen LogP contribution in [0.2, 0.25) is 0 Å². The van der Waals surface area contributed by atoms with Crippen molar-refractivity contribution in [2.24, 2.45) is 0 Å². The molecule has 1 aliphatic carbocycles. The Hall–Kier alpha value is 0.140. The van der Waals surface area contributed by atoms with Gasteiger partial charge < -0.3 is 5.32 Å². The smallest absolute Gasteiger partial charge is 0.0701 e. The lowest BCUT2D eigenvalue weighted by atomic mass is 10.3. The second kappa shape index (κ2) is 3.48. The van der Waals surface area contributed by atoms with Gasteiger partial charge in [-0.15, -0.1) is 11.3 Å². The molecule has 0 saturated heterocycles. The molecule has 1 heterocycles. The summed E-state index contributed by atoms with van der Waals surface area (Å²) in [5, 5.41) is 3.57. The number of hydrogen-bond donors (Lipinski definition) is 1. The summed E-state index contributed by atoms with van der Waals surface area (Å²) >= 11 is 5.29. The van der Waals surface area contributed by atoms with E-state index in [-0.39, 0.29) is 0 Å². The Labute approximate surface area is 85.3 Å². The second-order valence-corrected chi connectivity index (χ2v) is 5.80.